The number of nitrogens with zero attached hydrogens (tertiary/aromatic N) is 3. The average Bonchev–Trinajstić information content (AvgIpc) is 2.70. The third kappa shape index (κ3) is 6.52. The van der Waals surface area contributed by atoms with Gasteiger partial charge < -0.3 is 9.80 Å². The summed E-state index contributed by atoms with van der Waals surface area (Å²) in [6.45, 7) is 2.71. The van der Waals surface area contributed by atoms with Crippen LogP contribution in [-0.2, 0) is 9.59 Å². The van der Waals surface area contributed by atoms with Gasteiger partial charge in [-0.1, -0.05) is 12.8 Å². The van der Waals surface area contributed by atoms with Crippen LogP contribution in [0.5, 0.6) is 0 Å². The molecule has 2 rings (SSSR count). The number of benzene rings is 1. The summed E-state index contributed by atoms with van der Waals surface area (Å²) >= 11 is 0. The number of unbranched alkanes of at least 4 members (excludes halogenated alkanes) is 3. The van der Waals surface area contributed by atoms with Crippen molar-refractivity contribution in [2.45, 2.75) is 38.5 Å². The quantitative estimate of drug-likeness (QED) is 0.294. The third-order valence-electron chi connectivity index (χ3n) is 4.73. The lowest BCUT2D eigenvalue weighted by molar-refractivity contribution is -0.384. The summed E-state index contributed by atoms with van der Waals surface area (Å²) in [5, 5.41) is 19.1. The molecule has 0 spiro atoms. The fraction of sp³-hybridized carbons (Fsp3) is 0.556. The molecule has 9 heteroatoms. The number of amides is 2. The van der Waals surface area contributed by atoms with Crippen molar-refractivity contribution in [2.24, 2.45) is 0 Å². The Bertz CT molecular complexity index is 642. The van der Waals surface area contributed by atoms with E-state index in [4.69, 9.17) is 5.21 Å². The van der Waals surface area contributed by atoms with Crippen LogP contribution in [0.4, 0.5) is 11.4 Å². The summed E-state index contributed by atoms with van der Waals surface area (Å²) < 4.78 is 0. The third-order valence-corrected chi connectivity index (χ3v) is 4.73. The van der Waals surface area contributed by atoms with Crippen molar-refractivity contribution >= 4 is 23.2 Å². The van der Waals surface area contributed by atoms with Crippen molar-refractivity contribution < 1.29 is 19.7 Å². The van der Waals surface area contributed by atoms with E-state index < -0.39 is 4.92 Å². The molecule has 2 N–H and O–H groups in total. The van der Waals surface area contributed by atoms with Crippen molar-refractivity contribution in [1.82, 2.24) is 10.4 Å². The van der Waals surface area contributed by atoms with Gasteiger partial charge in [0, 0.05) is 56.8 Å². The highest BCUT2D eigenvalue weighted by Gasteiger charge is 2.21. The number of hydroxylamine groups is 1. The first-order valence-corrected chi connectivity index (χ1v) is 9.21. The molecule has 27 heavy (non-hydrogen) atoms. The Labute approximate surface area is 158 Å². The number of rotatable bonds is 9. The van der Waals surface area contributed by atoms with Crippen molar-refractivity contribution in [2.75, 3.05) is 31.1 Å². The first-order valence-electron chi connectivity index (χ1n) is 9.21. The molecule has 1 heterocycles. The first-order chi connectivity index (χ1) is 13.0. The zero-order chi connectivity index (χ0) is 19.6. The van der Waals surface area contributed by atoms with Crippen LogP contribution in [0, 0.1) is 10.1 Å². The second kappa shape index (κ2) is 10.5. The highest BCUT2D eigenvalue weighted by atomic mass is 16.6. The fourth-order valence-electron chi connectivity index (χ4n) is 3.13. The lowest BCUT2D eigenvalue weighted by atomic mass is 10.1. The summed E-state index contributed by atoms with van der Waals surface area (Å²) in [5.41, 5.74) is 2.61. The summed E-state index contributed by atoms with van der Waals surface area (Å²) in [6, 6.07) is 6.48. The van der Waals surface area contributed by atoms with Crippen molar-refractivity contribution in [3.05, 3.63) is 34.4 Å². The second-order valence-corrected chi connectivity index (χ2v) is 6.59. The molecule has 1 aliphatic rings. The number of anilines is 1. The van der Waals surface area contributed by atoms with Crippen molar-refractivity contribution in [1.29, 1.82) is 0 Å². The number of piperazine rings is 1. The zero-order valence-electron chi connectivity index (χ0n) is 15.3. The number of carbonyl (C=O) groups is 2. The molecule has 1 aromatic rings. The van der Waals surface area contributed by atoms with Crippen LogP contribution in [0.15, 0.2) is 24.3 Å². The maximum absolute atomic E-state index is 12.3. The van der Waals surface area contributed by atoms with E-state index in [2.05, 4.69) is 4.90 Å². The minimum Gasteiger partial charge on any atom is -0.368 e. The molecule has 1 fully saturated rings. The maximum atomic E-state index is 12.3. The SMILES string of the molecule is O=C(CCCCCCC(=O)N1CCN(c2ccc([N+](=O)[O-])cc2)CC1)NO. The van der Waals surface area contributed by atoms with E-state index in [1.54, 1.807) is 17.6 Å². The van der Waals surface area contributed by atoms with E-state index in [0.717, 1.165) is 24.9 Å². The Morgan fingerprint density at radius 3 is 2.15 bits per heavy atom. The van der Waals surface area contributed by atoms with E-state index in [9.17, 15) is 19.7 Å². The molecule has 0 aliphatic carbocycles. The number of hydrogen-bond donors (Lipinski definition) is 2. The van der Waals surface area contributed by atoms with Crippen molar-refractivity contribution in [3.8, 4) is 0 Å². The van der Waals surface area contributed by atoms with Crippen LogP contribution < -0.4 is 10.4 Å². The average molecular weight is 378 g/mol. The summed E-state index contributed by atoms with van der Waals surface area (Å²) in [7, 11) is 0. The second-order valence-electron chi connectivity index (χ2n) is 6.59. The molecule has 1 aliphatic heterocycles. The molecule has 0 aromatic heterocycles. The number of nitro groups is 1. The number of hydrogen-bond acceptors (Lipinski definition) is 6. The Kier molecular flexibility index (Phi) is 8.00. The highest BCUT2D eigenvalue weighted by Crippen LogP contribution is 2.21. The van der Waals surface area contributed by atoms with Gasteiger partial charge in [-0.25, -0.2) is 5.48 Å². The van der Waals surface area contributed by atoms with Crippen LogP contribution in [-0.4, -0.2) is 53.0 Å². The number of nitrogens with one attached hydrogen (secondary N) is 1. The number of nitro benzene ring substituents is 1. The minimum absolute atomic E-state index is 0.0737. The van der Waals surface area contributed by atoms with Crippen LogP contribution in [0.2, 0.25) is 0 Å². The molecule has 2 amide bonds. The van der Waals surface area contributed by atoms with Gasteiger partial charge in [0.05, 0.1) is 4.92 Å². The lowest BCUT2D eigenvalue weighted by Gasteiger charge is -2.36. The van der Waals surface area contributed by atoms with Gasteiger partial charge in [-0.05, 0) is 25.0 Å². The van der Waals surface area contributed by atoms with E-state index in [1.165, 1.54) is 12.1 Å². The number of carbonyl (C=O) groups excluding carboxylic acids is 2. The van der Waals surface area contributed by atoms with Crippen LogP contribution in [0.1, 0.15) is 38.5 Å². The molecule has 9 nitrogen and oxygen atoms in total. The van der Waals surface area contributed by atoms with Gasteiger partial charge in [-0.2, -0.15) is 0 Å². The summed E-state index contributed by atoms with van der Waals surface area (Å²) in [6.07, 6.45) is 4.04. The van der Waals surface area contributed by atoms with Crippen LogP contribution in [0.3, 0.4) is 0 Å². The van der Waals surface area contributed by atoms with Gasteiger partial charge in [0.25, 0.3) is 5.69 Å². The number of non-ortho nitro benzene ring substituents is 1. The molecule has 0 bridgehead atoms. The normalized spacial score (nSPS) is 14.1. The fourth-order valence-corrected chi connectivity index (χ4v) is 3.13. The van der Waals surface area contributed by atoms with Crippen molar-refractivity contribution in [3.63, 3.8) is 0 Å². The molecule has 1 aromatic carbocycles. The Balaban J connectivity index is 1.65. The largest absolute Gasteiger partial charge is 0.368 e. The Hall–Kier alpha value is -2.68. The van der Waals surface area contributed by atoms with Crippen LogP contribution in [0.25, 0.3) is 0 Å². The van der Waals surface area contributed by atoms with Gasteiger partial charge in [-0.15, -0.1) is 0 Å². The smallest absolute Gasteiger partial charge is 0.269 e. The molecule has 0 atom stereocenters. The van der Waals surface area contributed by atoms with Crippen LogP contribution >= 0.6 is 0 Å². The molecular weight excluding hydrogens is 352 g/mol. The minimum atomic E-state index is -0.415. The van der Waals surface area contributed by atoms with E-state index in [0.29, 0.717) is 45.4 Å². The first kappa shape index (κ1) is 20.6. The zero-order valence-corrected chi connectivity index (χ0v) is 15.3. The monoisotopic (exact) mass is 378 g/mol. The van der Waals surface area contributed by atoms with Gasteiger partial charge in [-0.3, -0.25) is 24.9 Å². The van der Waals surface area contributed by atoms with E-state index >= 15 is 0 Å². The predicted molar refractivity (Wildman–Crippen MR) is 99.5 cm³/mol. The van der Waals surface area contributed by atoms with Gasteiger partial charge in [0.15, 0.2) is 0 Å². The van der Waals surface area contributed by atoms with E-state index in [-0.39, 0.29) is 17.5 Å². The molecule has 0 saturated carbocycles. The molecule has 0 unspecified atom stereocenters. The molecule has 148 valence electrons. The van der Waals surface area contributed by atoms with E-state index in [1.807, 2.05) is 4.90 Å². The van der Waals surface area contributed by atoms with Gasteiger partial charge >= 0.3 is 0 Å². The maximum Gasteiger partial charge on any atom is 0.269 e. The summed E-state index contributed by atoms with van der Waals surface area (Å²) in [4.78, 5) is 37.4. The molecule has 0 radical (unpaired) electrons. The Morgan fingerprint density at radius 1 is 1.00 bits per heavy atom. The lowest BCUT2D eigenvalue weighted by Crippen LogP contribution is -2.48. The highest BCUT2D eigenvalue weighted by molar-refractivity contribution is 5.76. The van der Waals surface area contributed by atoms with Gasteiger partial charge in [0.2, 0.25) is 11.8 Å². The van der Waals surface area contributed by atoms with Gasteiger partial charge in [0.1, 0.15) is 0 Å². The summed E-state index contributed by atoms with van der Waals surface area (Å²) in [5.74, 6) is -0.233. The molecule has 1 saturated heterocycles. The standard InChI is InChI=1S/C18H26N4O5/c23-17(19-25)5-3-1-2-4-6-18(24)21-13-11-20(12-14-21)15-7-9-16(10-8-15)22(26)27/h7-10,25H,1-6,11-14H2,(H,19,23). The Morgan fingerprint density at radius 2 is 1.59 bits per heavy atom. The predicted octanol–water partition coefficient (Wildman–Crippen LogP) is 2.09. The topological polar surface area (TPSA) is 116 Å². The molecular formula is C18H26N4O5.